The SMILES string of the molecule is C=CCC(C)n1c(CC)nc(C(=O)OCC)c1N. The molecule has 1 heterocycles. The molecule has 0 saturated heterocycles. The Kier molecular flexibility index (Phi) is 4.95. The van der Waals surface area contributed by atoms with Gasteiger partial charge in [-0.15, -0.1) is 6.58 Å². The highest BCUT2D eigenvalue weighted by Gasteiger charge is 2.22. The summed E-state index contributed by atoms with van der Waals surface area (Å²) >= 11 is 0. The van der Waals surface area contributed by atoms with Crippen LogP contribution in [-0.2, 0) is 11.2 Å². The van der Waals surface area contributed by atoms with E-state index in [1.807, 2.05) is 24.5 Å². The lowest BCUT2D eigenvalue weighted by Gasteiger charge is -2.15. The molecule has 1 aromatic heterocycles. The van der Waals surface area contributed by atoms with Gasteiger partial charge in [-0.3, -0.25) is 0 Å². The Hall–Kier alpha value is -1.78. The molecule has 5 nitrogen and oxygen atoms in total. The number of nitrogens with zero attached hydrogens (tertiary/aromatic N) is 2. The number of nitrogens with two attached hydrogens (primary N) is 1. The molecule has 0 spiro atoms. The number of hydrogen-bond donors (Lipinski definition) is 1. The van der Waals surface area contributed by atoms with Crippen molar-refractivity contribution in [1.82, 2.24) is 9.55 Å². The van der Waals surface area contributed by atoms with Crippen LogP contribution in [0.3, 0.4) is 0 Å². The normalized spacial score (nSPS) is 12.2. The number of aromatic nitrogens is 2. The van der Waals surface area contributed by atoms with E-state index in [9.17, 15) is 4.79 Å². The number of anilines is 1. The van der Waals surface area contributed by atoms with E-state index in [1.165, 1.54) is 0 Å². The Balaban J connectivity index is 3.17. The van der Waals surface area contributed by atoms with Crippen LogP contribution in [0.25, 0.3) is 0 Å². The fourth-order valence-electron chi connectivity index (χ4n) is 1.93. The molecule has 0 aliphatic carbocycles. The number of hydrogen-bond acceptors (Lipinski definition) is 4. The average Bonchev–Trinajstić information content (AvgIpc) is 2.67. The number of carbonyl (C=O) groups excluding carboxylic acids is 1. The maximum absolute atomic E-state index is 11.7. The first-order valence-electron chi connectivity index (χ1n) is 6.21. The first kappa shape index (κ1) is 14.3. The first-order chi connectivity index (χ1) is 8.56. The Morgan fingerprint density at radius 2 is 2.28 bits per heavy atom. The fourth-order valence-corrected chi connectivity index (χ4v) is 1.93. The van der Waals surface area contributed by atoms with E-state index in [4.69, 9.17) is 10.5 Å². The van der Waals surface area contributed by atoms with Gasteiger partial charge in [-0.05, 0) is 20.3 Å². The summed E-state index contributed by atoms with van der Waals surface area (Å²) in [6, 6.07) is 0.133. The highest BCUT2D eigenvalue weighted by Crippen LogP contribution is 2.23. The number of esters is 1. The van der Waals surface area contributed by atoms with Gasteiger partial charge in [-0.2, -0.15) is 0 Å². The summed E-state index contributed by atoms with van der Waals surface area (Å²) in [6.45, 7) is 9.79. The molecule has 2 N–H and O–H groups in total. The lowest BCUT2D eigenvalue weighted by atomic mass is 10.2. The van der Waals surface area contributed by atoms with E-state index in [-0.39, 0.29) is 11.7 Å². The third-order valence-corrected chi connectivity index (χ3v) is 2.75. The van der Waals surface area contributed by atoms with Crippen LogP contribution in [0.4, 0.5) is 5.82 Å². The van der Waals surface area contributed by atoms with Gasteiger partial charge >= 0.3 is 5.97 Å². The number of allylic oxidation sites excluding steroid dienone is 1. The smallest absolute Gasteiger partial charge is 0.360 e. The molecule has 0 amide bonds. The van der Waals surface area contributed by atoms with Crippen molar-refractivity contribution in [2.75, 3.05) is 12.3 Å². The molecule has 18 heavy (non-hydrogen) atoms. The van der Waals surface area contributed by atoms with E-state index in [2.05, 4.69) is 11.6 Å². The Morgan fingerprint density at radius 3 is 2.78 bits per heavy atom. The van der Waals surface area contributed by atoms with Crippen LogP contribution in [0.15, 0.2) is 12.7 Å². The number of rotatable bonds is 6. The van der Waals surface area contributed by atoms with Gasteiger partial charge in [-0.1, -0.05) is 13.0 Å². The molecule has 0 bridgehead atoms. The van der Waals surface area contributed by atoms with Gasteiger partial charge < -0.3 is 15.0 Å². The lowest BCUT2D eigenvalue weighted by Crippen LogP contribution is -2.13. The highest BCUT2D eigenvalue weighted by molar-refractivity contribution is 5.92. The van der Waals surface area contributed by atoms with Gasteiger partial charge in [0.15, 0.2) is 5.69 Å². The number of nitrogen functional groups attached to an aromatic ring is 1. The summed E-state index contributed by atoms with van der Waals surface area (Å²) in [6.07, 6.45) is 3.31. The van der Waals surface area contributed by atoms with Gasteiger partial charge in [0.2, 0.25) is 0 Å². The molecule has 0 aromatic carbocycles. The van der Waals surface area contributed by atoms with E-state index >= 15 is 0 Å². The molecular formula is C13H21N3O2. The fraction of sp³-hybridized carbons (Fsp3) is 0.538. The van der Waals surface area contributed by atoms with E-state index < -0.39 is 5.97 Å². The van der Waals surface area contributed by atoms with E-state index in [1.54, 1.807) is 6.92 Å². The van der Waals surface area contributed by atoms with Gasteiger partial charge in [0, 0.05) is 12.5 Å². The molecule has 0 radical (unpaired) electrons. The molecule has 1 atom stereocenters. The Bertz CT molecular complexity index is 438. The Labute approximate surface area is 108 Å². The number of aryl methyl sites for hydroxylation is 1. The standard InChI is InChI=1S/C13H21N3O2/c1-5-8-9(4)16-10(6-2)15-11(12(16)14)13(17)18-7-3/h5,9H,1,6-8,14H2,2-4H3. The van der Waals surface area contributed by atoms with Crippen LogP contribution in [0.1, 0.15) is 49.5 Å². The predicted molar refractivity (Wildman–Crippen MR) is 71.5 cm³/mol. The summed E-state index contributed by atoms with van der Waals surface area (Å²) < 4.78 is 6.83. The summed E-state index contributed by atoms with van der Waals surface area (Å²) in [5.41, 5.74) is 6.22. The molecule has 1 unspecified atom stereocenters. The average molecular weight is 251 g/mol. The molecule has 100 valence electrons. The van der Waals surface area contributed by atoms with Crippen molar-refractivity contribution in [1.29, 1.82) is 0 Å². The monoisotopic (exact) mass is 251 g/mol. The molecule has 0 aliphatic rings. The van der Waals surface area contributed by atoms with Crippen molar-refractivity contribution >= 4 is 11.8 Å². The molecule has 0 fully saturated rings. The second-order valence-electron chi connectivity index (χ2n) is 4.08. The number of imidazole rings is 1. The zero-order valence-electron chi connectivity index (χ0n) is 11.3. The Morgan fingerprint density at radius 1 is 1.61 bits per heavy atom. The van der Waals surface area contributed by atoms with Crippen molar-refractivity contribution in [3.8, 4) is 0 Å². The van der Waals surface area contributed by atoms with Gasteiger partial charge in [0.25, 0.3) is 0 Å². The summed E-state index contributed by atoms with van der Waals surface area (Å²) in [4.78, 5) is 16.0. The van der Waals surface area contributed by atoms with Crippen LogP contribution in [0.5, 0.6) is 0 Å². The summed E-state index contributed by atoms with van der Waals surface area (Å²) in [5, 5.41) is 0. The van der Waals surface area contributed by atoms with Crippen LogP contribution < -0.4 is 5.73 Å². The minimum absolute atomic E-state index is 0.133. The van der Waals surface area contributed by atoms with Gasteiger partial charge in [0.1, 0.15) is 11.6 Å². The molecule has 1 aromatic rings. The van der Waals surface area contributed by atoms with Crippen LogP contribution in [-0.4, -0.2) is 22.1 Å². The predicted octanol–water partition coefficient (Wildman–Crippen LogP) is 2.34. The van der Waals surface area contributed by atoms with Crippen molar-refractivity contribution < 1.29 is 9.53 Å². The van der Waals surface area contributed by atoms with Crippen LogP contribution in [0.2, 0.25) is 0 Å². The second-order valence-corrected chi connectivity index (χ2v) is 4.08. The number of ether oxygens (including phenoxy) is 1. The minimum atomic E-state index is -0.464. The van der Waals surface area contributed by atoms with Crippen molar-refractivity contribution in [3.05, 3.63) is 24.2 Å². The third-order valence-electron chi connectivity index (χ3n) is 2.75. The number of carbonyl (C=O) groups is 1. The zero-order chi connectivity index (χ0) is 13.7. The summed E-state index contributed by atoms with van der Waals surface area (Å²) in [7, 11) is 0. The maximum atomic E-state index is 11.7. The highest BCUT2D eigenvalue weighted by atomic mass is 16.5. The zero-order valence-corrected chi connectivity index (χ0v) is 11.3. The molecular weight excluding hydrogens is 230 g/mol. The molecule has 0 aliphatic heterocycles. The minimum Gasteiger partial charge on any atom is -0.461 e. The summed E-state index contributed by atoms with van der Waals surface area (Å²) in [5.74, 6) is 0.707. The van der Waals surface area contributed by atoms with Gasteiger partial charge in [-0.25, -0.2) is 9.78 Å². The van der Waals surface area contributed by atoms with E-state index in [0.717, 1.165) is 12.2 Å². The molecule has 0 saturated carbocycles. The quantitative estimate of drug-likeness (QED) is 0.622. The van der Waals surface area contributed by atoms with Crippen molar-refractivity contribution in [3.63, 3.8) is 0 Å². The van der Waals surface area contributed by atoms with Crippen LogP contribution >= 0.6 is 0 Å². The van der Waals surface area contributed by atoms with E-state index in [0.29, 0.717) is 18.8 Å². The molecule has 1 rings (SSSR count). The third kappa shape index (κ3) is 2.72. The largest absolute Gasteiger partial charge is 0.461 e. The second kappa shape index (κ2) is 6.23. The maximum Gasteiger partial charge on any atom is 0.360 e. The lowest BCUT2D eigenvalue weighted by molar-refractivity contribution is 0.0521. The van der Waals surface area contributed by atoms with Crippen molar-refractivity contribution in [2.45, 2.75) is 39.7 Å². The van der Waals surface area contributed by atoms with Crippen molar-refractivity contribution in [2.24, 2.45) is 0 Å². The molecule has 5 heteroatoms. The first-order valence-corrected chi connectivity index (χ1v) is 6.21. The topological polar surface area (TPSA) is 70.1 Å². The van der Waals surface area contributed by atoms with Crippen LogP contribution in [0, 0.1) is 0 Å². The van der Waals surface area contributed by atoms with Gasteiger partial charge in [0.05, 0.1) is 6.61 Å².